The summed E-state index contributed by atoms with van der Waals surface area (Å²) in [5, 5.41) is 11.9. The van der Waals surface area contributed by atoms with Gasteiger partial charge in [-0.3, -0.25) is 0 Å². The van der Waals surface area contributed by atoms with Crippen molar-refractivity contribution >= 4 is 17.7 Å². The van der Waals surface area contributed by atoms with Crippen molar-refractivity contribution in [3.8, 4) is 0 Å². The lowest BCUT2D eigenvalue weighted by molar-refractivity contribution is -0.138. The van der Waals surface area contributed by atoms with Crippen LogP contribution in [0.2, 0.25) is 0 Å². The second-order valence-corrected chi connectivity index (χ2v) is 4.42. The number of aliphatic carboxylic acids is 1. The highest BCUT2D eigenvalue weighted by molar-refractivity contribution is 5.76. The summed E-state index contributed by atoms with van der Waals surface area (Å²) in [5.74, 6) is -0.0262. The lowest BCUT2D eigenvalue weighted by atomic mass is 10.0. The Hall–Kier alpha value is -1.85. The fourth-order valence-corrected chi connectivity index (χ4v) is 1.54. The molecule has 0 aliphatic rings. The molecule has 17 heavy (non-hydrogen) atoms. The Morgan fingerprint density at radius 1 is 1.53 bits per heavy atom. The summed E-state index contributed by atoms with van der Waals surface area (Å²) in [6.07, 6.45) is 0.526. The fraction of sp³-hybridized carbons (Fsp3) is 0.545. The SMILES string of the molecule is Cc1cc(NC(CC(C)C)C(=O)O)nc(N)n1. The van der Waals surface area contributed by atoms with Gasteiger partial charge in [-0.1, -0.05) is 13.8 Å². The van der Waals surface area contributed by atoms with E-state index in [2.05, 4.69) is 15.3 Å². The first kappa shape index (κ1) is 13.2. The van der Waals surface area contributed by atoms with E-state index in [4.69, 9.17) is 10.8 Å². The minimum Gasteiger partial charge on any atom is -0.480 e. The first-order chi connectivity index (χ1) is 7.88. The molecule has 0 amide bonds. The second-order valence-electron chi connectivity index (χ2n) is 4.42. The molecule has 0 spiro atoms. The van der Waals surface area contributed by atoms with Gasteiger partial charge in [0.15, 0.2) is 0 Å². The van der Waals surface area contributed by atoms with Crippen LogP contribution >= 0.6 is 0 Å². The molecule has 1 unspecified atom stereocenters. The first-order valence-electron chi connectivity index (χ1n) is 5.49. The summed E-state index contributed by atoms with van der Waals surface area (Å²) in [7, 11) is 0. The van der Waals surface area contributed by atoms with Crippen LogP contribution in [-0.4, -0.2) is 27.1 Å². The second kappa shape index (κ2) is 5.47. The maximum Gasteiger partial charge on any atom is 0.326 e. The van der Waals surface area contributed by atoms with Crippen molar-refractivity contribution in [3.05, 3.63) is 11.8 Å². The molecule has 0 fully saturated rings. The first-order valence-corrected chi connectivity index (χ1v) is 5.49. The highest BCUT2D eigenvalue weighted by atomic mass is 16.4. The summed E-state index contributed by atoms with van der Waals surface area (Å²) >= 11 is 0. The van der Waals surface area contributed by atoms with Crippen LogP contribution in [-0.2, 0) is 4.79 Å². The lowest BCUT2D eigenvalue weighted by Crippen LogP contribution is -2.31. The Kier molecular flexibility index (Phi) is 4.25. The molecular weight excluding hydrogens is 220 g/mol. The van der Waals surface area contributed by atoms with Gasteiger partial charge in [0, 0.05) is 11.8 Å². The Morgan fingerprint density at radius 3 is 2.65 bits per heavy atom. The summed E-state index contributed by atoms with van der Waals surface area (Å²) in [5.41, 5.74) is 6.21. The average molecular weight is 238 g/mol. The number of carboxylic acids is 1. The van der Waals surface area contributed by atoms with Crippen LogP contribution in [0.1, 0.15) is 26.0 Å². The van der Waals surface area contributed by atoms with Crippen LogP contribution in [0.3, 0.4) is 0 Å². The molecule has 0 aliphatic heterocycles. The van der Waals surface area contributed by atoms with Crippen LogP contribution < -0.4 is 11.1 Å². The van der Waals surface area contributed by atoms with E-state index in [9.17, 15) is 4.79 Å². The topological polar surface area (TPSA) is 101 Å². The van der Waals surface area contributed by atoms with Crippen LogP contribution in [0.5, 0.6) is 0 Å². The van der Waals surface area contributed by atoms with Crippen molar-refractivity contribution in [2.75, 3.05) is 11.1 Å². The number of nitrogens with zero attached hydrogens (tertiary/aromatic N) is 2. The maximum absolute atomic E-state index is 11.1. The molecule has 0 saturated heterocycles. The van der Waals surface area contributed by atoms with Crippen LogP contribution in [0.15, 0.2) is 6.07 Å². The maximum atomic E-state index is 11.1. The Labute approximate surface area is 100 Å². The zero-order chi connectivity index (χ0) is 13.0. The molecule has 0 aromatic carbocycles. The molecule has 0 saturated carbocycles. The van der Waals surface area contributed by atoms with Crippen LogP contribution in [0, 0.1) is 12.8 Å². The van der Waals surface area contributed by atoms with Crippen molar-refractivity contribution in [1.82, 2.24) is 9.97 Å². The van der Waals surface area contributed by atoms with E-state index < -0.39 is 12.0 Å². The zero-order valence-corrected chi connectivity index (χ0v) is 10.3. The molecular formula is C11H18N4O2. The third kappa shape index (κ3) is 4.26. The molecule has 1 rings (SSSR count). The van der Waals surface area contributed by atoms with Gasteiger partial charge in [0.2, 0.25) is 5.95 Å². The van der Waals surface area contributed by atoms with E-state index in [1.165, 1.54) is 0 Å². The van der Waals surface area contributed by atoms with E-state index in [0.29, 0.717) is 17.9 Å². The number of nitrogen functional groups attached to an aromatic ring is 1. The van der Waals surface area contributed by atoms with Gasteiger partial charge >= 0.3 is 5.97 Å². The molecule has 0 radical (unpaired) electrons. The van der Waals surface area contributed by atoms with Gasteiger partial charge in [0.1, 0.15) is 11.9 Å². The van der Waals surface area contributed by atoms with Gasteiger partial charge in [0.05, 0.1) is 0 Å². The zero-order valence-electron chi connectivity index (χ0n) is 10.3. The molecule has 6 nitrogen and oxygen atoms in total. The molecule has 0 aliphatic carbocycles. The number of nitrogens with two attached hydrogens (primary N) is 1. The third-order valence-corrected chi connectivity index (χ3v) is 2.20. The minimum absolute atomic E-state index is 0.140. The van der Waals surface area contributed by atoms with Gasteiger partial charge in [-0.05, 0) is 19.3 Å². The van der Waals surface area contributed by atoms with Gasteiger partial charge in [-0.2, -0.15) is 4.98 Å². The van der Waals surface area contributed by atoms with Crippen molar-refractivity contribution in [3.63, 3.8) is 0 Å². The molecule has 94 valence electrons. The smallest absolute Gasteiger partial charge is 0.326 e. The quantitative estimate of drug-likeness (QED) is 0.714. The molecule has 1 aromatic rings. The number of anilines is 2. The van der Waals surface area contributed by atoms with E-state index >= 15 is 0 Å². The van der Waals surface area contributed by atoms with Gasteiger partial charge < -0.3 is 16.2 Å². The van der Waals surface area contributed by atoms with E-state index in [0.717, 1.165) is 0 Å². The highest BCUT2D eigenvalue weighted by Crippen LogP contribution is 2.13. The van der Waals surface area contributed by atoms with E-state index in [-0.39, 0.29) is 11.9 Å². The number of aromatic nitrogens is 2. The summed E-state index contributed by atoms with van der Waals surface area (Å²) in [6.45, 7) is 5.72. The predicted molar refractivity (Wildman–Crippen MR) is 65.7 cm³/mol. The predicted octanol–water partition coefficient (Wildman–Crippen LogP) is 1.28. The Bertz CT molecular complexity index is 386. The fourth-order valence-electron chi connectivity index (χ4n) is 1.54. The monoisotopic (exact) mass is 238 g/mol. The standard InChI is InChI=1S/C11H18N4O2/c1-6(2)4-8(10(16)17)14-9-5-7(3)13-11(12)15-9/h5-6,8H,4H2,1-3H3,(H,16,17)(H3,12,13,14,15). The van der Waals surface area contributed by atoms with Crippen molar-refractivity contribution in [2.45, 2.75) is 33.2 Å². The number of nitrogens with one attached hydrogen (secondary N) is 1. The van der Waals surface area contributed by atoms with Crippen LogP contribution in [0.4, 0.5) is 11.8 Å². The normalized spacial score (nSPS) is 12.5. The molecule has 1 heterocycles. The Morgan fingerprint density at radius 2 is 2.18 bits per heavy atom. The highest BCUT2D eigenvalue weighted by Gasteiger charge is 2.19. The van der Waals surface area contributed by atoms with Crippen molar-refractivity contribution < 1.29 is 9.90 Å². The number of hydrogen-bond donors (Lipinski definition) is 3. The van der Waals surface area contributed by atoms with Gasteiger partial charge in [-0.25, -0.2) is 9.78 Å². The average Bonchev–Trinajstić information content (AvgIpc) is 2.13. The largest absolute Gasteiger partial charge is 0.480 e. The number of rotatable bonds is 5. The summed E-state index contributed by atoms with van der Waals surface area (Å²) in [4.78, 5) is 19.0. The van der Waals surface area contributed by atoms with Crippen molar-refractivity contribution in [2.24, 2.45) is 5.92 Å². The number of carbonyl (C=O) groups is 1. The summed E-state index contributed by atoms with van der Waals surface area (Å²) < 4.78 is 0. The van der Waals surface area contributed by atoms with Gasteiger partial charge in [0.25, 0.3) is 0 Å². The lowest BCUT2D eigenvalue weighted by Gasteiger charge is -2.17. The Balaban J connectivity index is 2.82. The van der Waals surface area contributed by atoms with E-state index in [1.54, 1.807) is 13.0 Å². The van der Waals surface area contributed by atoms with Crippen molar-refractivity contribution in [1.29, 1.82) is 0 Å². The van der Waals surface area contributed by atoms with Crippen LogP contribution in [0.25, 0.3) is 0 Å². The molecule has 1 aromatic heterocycles. The van der Waals surface area contributed by atoms with Gasteiger partial charge in [-0.15, -0.1) is 0 Å². The number of hydrogen-bond acceptors (Lipinski definition) is 5. The molecule has 6 heteroatoms. The third-order valence-electron chi connectivity index (χ3n) is 2.20. The number of aryl methyl sites for hydroxylation is 1. The van der Waals surface area contributed by atoms with E-state index in [1.807, 2.05) is 13.8 Å². The molecule has 1 atom stereocenters. The number of carboxylic acid groups (broad SMARTS) is 1. The molecule has 4 N–H and O–H groups in total. The molecule has 0 bridgehead atoms. The minimum atomic E-state index is -0.895. The summed E-state index contributed by atoms with van der Waals surface area (Å²) in [6, 6.07) is 1.01.